The van der Waals surface area contributed by atoms with Crippen molar-refractivity contribution in [3.63, 3.8) is 0 Å². The molecule has 0 fully saturated rings. The van der Waals surface area contributed by atoms with E-state index in [-0.39, 0.29) is 5.41 Å². The van der Waals surface area contributed by atoms with Crippen LogP contribution in [0.1, 0.15) is 33.3 Å². The van der Waals surface area contributed by atoms with Gasteiger partial charge in [-0.2, -0.15) is 0 Å². The van der Waals surface area contributed by atoms with Crippen molar-refractivity contribution in [1.29, 1.82) is 0 Å². The molecule has 100 valence electrons. The molecule has 0 amide bonds. The lowest BCUT2D eigenvalue weighted by molar-refractivity contribution is 0.171. The standard InChI is InChI=1S/C15H23NO2/c1-11(2)16-10-15(3,4)12-5-6-13-14(9-12)18-8-7-17-13/h5-6,9,11,16H,7-8,10H2,1-4H3. The number of ether oxygens (including phenoxy) is 2. The molecule has 1 aliphatic rings. The highest BCUT2D eigenvalue weighted by Crippen LogP contribution is 2.34. The van der Waals surface area contributed by atoms with Gasteiger partial charge in [-0.15, -0.1) is 0 Å². The average Bonchev–Trinajstić information content (AvgIpc) is 2.36. The largest absolute Gasteiger partial charge is 0.486 e. The third-order valence-electron chi connectivity index (χ3n) is 3.28. The number of nitrogens with one attached hydrogen (secondary N) is 1. The van der Waals surface area contributed by atoms with E-state index in [0.717, 1.165) is 18.0 Å². The fourth-order valence-electron chi connectivity index (χ4n) is 2.03. The molecule has 3 nitrogen and oxygen atoms in total. The Bertz CT molecular complexity index is 413. The first-order valence-corrected chi connectivity index (χ1v) is 6.62. The average molecular weight is 249 g/mol. The molecule has 0 unspecified atom stereocenters. The molecule has 1 aromatic carbocycles. The van der Waals surface area contributed by atoms with Gasteiger partial charge in [0.15, 0.2) is 11.5 Å². The normalized spacial score (nSPS) is 14.9. The van der Waals surface area contributed by atoms with Crippen LogP contribution in [0.3, 0.4) is 0 Å². The predicted molar refractivity (Wildman–Crippen MR) is 73.6 cm³/mol. The summed E-state index contributed by atoms with van der Waals surface area (Å²) in [5.74, 6) is 1.73. The summed E-state index contributed by atoms with van der Waals surface area (Å²) >= 11 is 0. The molecule has 1 aliphatic heterocycles. The van der Waals surface area contributed by atoms with E-state index in [1.54, 1.807) is 0 Å². The Morgan fingerprint density at radius 3 is 2.50 bits per heavy atom. The first-order valence-electron chi connectivity index (χ1n) is 6.62. The molecule has 0 spiro atoms. The zero-order chi connectivity index (χ0) is 13.2. The monoisotopic (exact) mass is 249 g/mol. The van der Waals surface area contributed by atoms with Gasteiger partial charge in [-0.05, 0) is 17.7 Å². The van der Waals surface area contributed by atoms with E-state index in [4.69, 9.17) is 9.47 Å². The van der Waals surface area contributed by atoms with Crippen molar-refractivity contribution in [2.75, 3.05) is 19.8 Å². The summed E-state index contributed by atoms with van der Waals surface area (Å²) in [6.07, 6.45) is 0. The fourth-order valence-corrected chi connectivity index (χ4v) is 2.03. The Labute approximate surface area is 109 Å². The molecule has 0 radical (unpaired) electrons. The molecule has 1 heterocycles. The number of hydrogen-bond donors (Lipinski definition) is 1. The molecule has 3 heteroatoms. The van der Waals surface area contributed by atoms with Gasteiger partial charge in [-0.1, -0.05) is 33.8 Å². The van der Waals surface area contributed by atoms with E-state index in [1.807, 2.05) is 6.07 Å². The van der Waals surface area contributed by atoms with Crippen molar-refractivity contribution in [2.45, 2.75) is 39.2 Å². The zero-order valence-corrected chi connectivity index (χ0v) is 11.7. The maximum absolute atomic E-state index is 5.64. The minimum Gasteiger partial charge on any atom is -0.486 e. The third-order valence-corrected chi connectivity index (χ3v) is 3.28. The molecule has 1 aromatic rings. The summed E-state index contributed by atoms with van der Waals surface area (Å²) in [6, 6.07) is 6.76. The van der Waals surface area contributed by atoms with Gasteiger partial charge in [0, 0.05) is 18.0 Å². The number of rotatable bonds is 4. The zero-order valence-electron chi connectivity index (χ0n) is 11.7. The number of hydrogen-bond acceptors (Lipinski definition) is 3. The summed E-state index contributed by atoms with van der Waals surface area (Å²) in [5, 5.41) is 3.49. The van der Waals surface area contributed by atoms with Crippen molar-refractivity contribution in [3.05, 3.63) is 23.8 Å². The van der Waals surface area contributed by atoms with Gasteiger partial charge in [0.2, 0.25) is 0 Å². The van der Waals surface area contributed by atoms with Crippen LogP contribution < -0.4 is 14.8 Å². The Balaban J connectivity index is 2.16. The van der Waals surface area contributed by atoms with Crippen molar-refractivity contribution in [2.24, 2.45) is 0 Å². The van der Waals surface area contributed by atoms with Gasteiger partial charge in [0.05, 0.1) is 0 Å². The van der Waals surface area contributed by atoms with Gasteiger partial charge < -0.3 is 14.8 Å². The molecule has 0 saturated carbocycles. The molecule has 0 saturated heterocycles. The van der Waals surface area contributed by atoms with Crippen LogP contribution in [0.4, 0.5) is 0 Å². The Kier molecular flexibility index (Phi) is 3.81. The summed E-state index contributed by atoms with van der Waals surface area (Å²) in [7, 11) is 0. The van der Waals surface area contributed by atoms with Crippen molar-refractivity contribution < 1.29 is 9.47 Å². The first-order chi connectivity index (χ1) is 8.49. The van der Waals surface area contributed by atoms with Crippen LogP contribution in [0, 0.1) is 0 Å². The summed E-state index contributed by atoms with van der Waals surface area (Å²) in [4.78, 5) is 0. The quantitative estimate of drug-likeness (QED) is 0.890. The van der Waals surface area contributed by atoms with Crippen LogP contribution >= 0.6 is 0 Å². The second kappa shape index (κ2) is 5.19. The minimum absolute atomic E-state index is 0.0834. The molecule has 0 atom stereocenters. The molecule has 2 rings (SSSR count). The van der Waals surface area contributed by atoms with E-state index in [1.165, 1.54) is 5.56 Å². The van der Waals surface area contributed by atoms with Crippen LogP contribution in [0.15, 0.2) is 18.2 Å². The van der Waals surface area contributed by atoms with E-state index in [9.17, 15) is 0 Å². The number of fused-ring (bicyclic) bond motifs is 1. The van der Waals surface area contributed by atoms with Gasteiger partial charge >= 0.3 is 0 Å². The predicted octanol–water partition coefficient (Wildman–Crippen LogP) is 2.73. The van der Waals surface area contributed by atoms with Crippen LogP contribution in [0.5, 0.6) is 11.5 Å². The molecular formula is C15H23NO2. The second-order valence-corrected chi connectivity index (χ2v) is 5.78. The van der Waals surface area contributed by atoms with E-state index in [0.29, 0.717) is 19.3 Å². The highest BCUT2D eigenvalue weighted by molar-refractivity contribution is 5.45. The molecule has 0 aromatic heterocycles. The van der Waals surface area contributed by atoms with Crippen LogP contribution in [0.25, 0.3) is 0 Å². The van der Waals surface area contributed by atoms with Gasteiger partial charge in [0.1, 0.15) is 13.2 Å². The lowest BCUT2D eigenvalue weighted by atomic mass is 9.84. The minimum atomic E-state index is 0.0834. The lowest BCUT2D eigenvalue weighted by Gasteiger charge is -2.28. The van der Waals surface area contributed by atoms with E-state index >= 15 is 0 Å². The molecule has 0 bridgehead atoms. The Hall–Kier alpha value is -1.22. The first kappa shape index (κ1) is 13.2. The second-order valence-electron chi connectivity index (χ2n) is 5.78. The van der Waals surface area contributed by atoms with Crippen molar-refractivity contribution >= 4 is 0 Å². The maximum Gasteiger partial charge on any atom is 0.161 e. The Morgan fingerprint density at radius 1 is 1.17 bits per heavy atom. The van der Waals surface area contributed by atoms with Gasteiger partial charge in [-0.3, -0.25) is 0 Å². The lowest BCUT2D eigenvalue weighted by Crippen LogP contribution is -2.36. The summed E-state index contributed by atoms with van der Waals surface area (Å²) in [5.41, 5.74) is 1.36. The van der Waals surface area contributed by atoms with Crippen molar-refractivity contribution in [3.8, 4) is 11.5 Å². The van der Waals surface area contributed by atoms with Crippen molar-refractivity contribution in [1.82, 2.24) is 5.32 Å². The van der Waals surface area contributed by atoms with Gasteiger partial charge in [0.25, 0.3) is 0 Å². The smallest absolute Gasteiger partial charge is 0.161 e. The topological polar surface area (TPSA) is 30.5 Å². The highest BCUT2D eigenvalue weighted by Gasteiger charge is 2.23. The molecular weight excluding hydrogens is 226 g/mol. The van der Waals surface area contributed by atoms with Gasteiger partial charge in [-0.25, -0.2) is 0 Å². The third kappa shape index (κ3) is 2.96. The summed E-state index contributed by atoms with van der Waals surface area (Å²) in [6.45, 7) is 11.1. The summed E-state index contributed by atoms with van der Waals surface area (Å²) < 4.78 is 11.2. The van der Waals surface area contributed by atoms with Crippen LogP contribution in [-0.4, -0.2) is 25.8 Å². The Morgan fingerprint density at radius 2 is 1.83 bits per heavy atom. The highest BCUT2D eigenvalue weighted by atomic mass is 16.6. The molecule has 18 heavy (non-hydrogen) atoms. The number of benzene rings is 1. The van der Waals surface area contributed by atoms with Crippen LogP contribution in [-0.2, 0) is 5.41 Å². The molecule has 0 aliphatic carbocycles. The SMILES string of the molecule is CC(C)NCC(C)(C)c1ccc2c(c1)OCCO2. The molecule has 1 N–H and O–H groups in total. The van der Waals surface area contributed by atoms with E-state index < -0.39 is 0 Å². The maximum atomic E-state index is 5.64. The van der Waals surface area contributed by atoms with Crippen LogP contribution in [0.2, 0.25) is 0 Å². The van der Waals surface area contributed by atoms with E-state index in [2.05, 4.69) is 45.1 Å². The fraction of sp³-hybridized carbons (Fsp3) is 0.600.